The Hall–Kier alpha value is -1.58. The highest BCUT2D eigenvalue weighted by atomic mass is 16.4. The number of carboxylic acids is 2. The molecule has 0 bridgehead atoms. The van der Waals surface area contributed by atoms with Gasteiger partial charge in [0.1, 0.15) is 0 Å². The van der Waals surface area contributed by atoms with Crippen LogP contribution in [0.5, 0.6) is 0 Å². The number of carboxylic acid groups (broad SMARTS) is 2. The van der Waals surface area contributed by atoms with Crippen molar-refractivity contribution in [2.75, 3.05) is 0 Å². The van der Waals surface area contributed by atoms with Gasteiger partial charge in [-0.15, -0.1) is 0 Å². The molecule has 0 amide bonds. The second kappa shape index (κ2) is 6.82. The van der Waals surface area contributed by atoms with Crippen LogP contribution in [0.15, 0.2) is 23.8 Å². The Kier molecular flexibility index (Phi) is 7.18. The molecule has 4 heteroatoms. The number of hydrogen-bond acceptors (Lipinski definition) is 2. The highest BCUT2D eigenvalue weighted by Crippen LogP contribution is 2.17. The van der Waals surface area contributed by atoms with Crippen LogP contribution in [0.4, 0.5) is 0 Å². The van der Waals surface area contributed by atoms with E-state index in [9.17, 15) is 9.59 Å². The minimum absolute atomic E-state index is 0.0392. The molecule has 0 atom stereocenters. The topological polar surface area (TPSA) is 74.6 Å². The van der Waals surface area contributed by atoms with Crippen molar-refractivity contribution in [3.05, 3.63) is 23.8 Å². The molecule has 92 valence electrons. The molecular weight excluding hydrogens is 208 g/mol. The largest absolute Gasteiger partial charge is 0.478 e. The van der Waals surface area contributed by atoms with Gasteiger partial charge in [0.25, 0.3) is 0 Å². The van der Waals surface area contributed by atoms with Gasteiger partial charge in [0.15, 0.2) is 0 Å². The van der Waals surface area contributed by atoms with E-state index < -0.39 is 11.9 Å². The molecule has 16 heavy (non-hydrogen) atoms. The monoisotopic (exact) mass is 228 g/mol. The third-order valence-corrected chi connectivity index (χ3v) is 1.35. The van der Waals surface area contributed by atoms with E-state index in [4.69, 9.17) is 10.2 Å². The van der Waals surface area contributed by atoms with Crippen molar-refractivity contribution in [3.63, 3.8) is 0 Å². The van der Waals surface area contributed by atoms with Crippen molar-refractivity contribution in [3.8, 4) is 0 Å². The first kappa shape index (κ1) is 16.8. The van der Waals surface area contributed by atoms with E-state index in [1.165, 1.54) is 6.92 Å². The first-order chi connectivity index (χ1) is 6.97. The number of allylic oxidation sites excluding steroid dienone is 1. The maximum Gasteiger partial charge on any atom is 0.330 e. The molecule has 0 radical (unpaired) electrons. The molecule has 0 spiro atoms. The third kappa shape index (κ3) is 12.4. The van der Waals surface area contributed by atoms with E-state index in [1.54, 1.807) is 13.0 Å². The van der Waals surface area contributed by atoms with Crippen LogP contribution in [-0.4, -0.2) is 22.2 Å². The Balaban J connectivity index is 0. The zero-order chi connectivity index (χ0) is 13.5. The fraction of sp³-hybridized carbons (Fsp3) is 0.500. The Morgan fingerprint density at radius 3 is 1.44 bits per heavy atom. The summed E-state index contributed by atoms with van der Waals surface area (Å²) in [6.07, 6.45) is 1.75. The van der Waals surface area contributed by atoms with Crippen LogP contribution in [0, 0.1) is 5.41 Å². The molecule has 0 heterocycles. The second-order valence-electron chi connectivity index (χ2n) is 4.58. The molecule has 0 fully saturated rings. The summed E-state index contributed by atoms with van der Waals surface area (Å²) >= 11 is 0. The molecule has 0 aromatic carbocycles. The van der Waals surface area contributed by atoms with Gasteiger partial charge < -0.3 is 10.2 Å². The van der Waals surface area contributed by atoms with E-state index in [0.717, 1.165) is 0 Å². The Bertz CT molecular complexity index is 293. The number of aliphatic carboxylic acids is 2. The fourth-order valence-electron chi connectivity index (χ4n) is 0.711. The lowest BCUT2D eigenvalue weighted by atomic mass is 9.94. The Morgan fingerprint density at radius 2 is 1.38 bits per heavy atom. The van der Waals surface area contributed by atoms with Crippen molar-refractivity contribution < 1.29 is 19.8 Å². The minimum Gasteiger partial charge on any atom is -0.478 e. The zero-order valence-corrected chi connectivity index (χ0v) is 10.5. The highest BCUT2D eigenvalue weighted by Gasteiger charge is 2.09. The molecule has 2 N–H and O–H groups in total. The van der Waals surface area contributed by atoms with Crippen molar-refractivity contribution >= 4 is 11.9 Å². The normalized spacial score (nSPS) is 11.2. The molecule has 4 nitrogen and oxygen atoms in total. The van der Waals surface area contributed by atoms with E-state index in [2.05, 4.69) is 6.58 Å². The van der Waals surface area contributed by atoms with Gasteiger partial charge in [-0.3, -0.25) is 0 Å². The maximum absolute atomic E-state index is 10.3. The number of carbonyl (C=O) groups is 2. The van der Waals surface area contributed by atoms with Gasteiger partial charge in [0.05, 0.1) is 0 Å². The lowest BCUT2D eigenvalue weighted by Crippen LogP contribution is -2.05. The van der Waals surface area contributed by atoms with Crippen LogP contribution < -0.4 is 0 Å². The fourth-order valence-corrected chi connectivity index (χ4v) is 0.711. The van der Waals surface area contributed by atoms with Crippen LogP contribution in [0.3, 0.4) is 0 Å². The van der Waals surface area contributed by atoms with Crippen LogP contribution in [0.2, 0.25) is 0 Å². The van der Waals surface area contributed by atoms with E-state index in [1.807, 2.05) is 20.8 Å². The quantitative estimate of drug-likeness (QED) is 0.712. The van der Waals surface area contributed by atoms with Crippen LogP contribution in [0.25, 0.3) is 0 Å². The average Bonchev–Trinajstić information content (AvgIpc) is 2.01. The van der Waals surface area contributed by atoms with Gasteiger partial charge in [0, 0.05) is 11.1 Å². The summed E-state index contributed by atoms with van der Waals surface area (Å²) in [6.45, 7) is 12.1. The molecule has 0 saturated heterocycles. The van der Waals surface area contributed by atoms with E-state index in [-0.39, 0.29) is 11.0 Å². The van der Waals surface area contributed by atoms with E-state index >= 15 is 0 Å². The smallest absolute Gasteiger partial charge is 0.330 e. The highest BCUT2D eigenvalue weighted by molar-refractivity contribution is 5.85. The first-order valence-corrected chi connectivity index (χ1v) is 4.79. The van der Waals surface area contributed by atoms with Crippen molar-refractivity contribution in [2.45, 2.75) is 34.6 Å². The van der Waals surface area contributed by atoms with Gasteiger partial charge in [-0.05, 0) is 19.3 Å². The molecule has 0 rings (SSSR count). The molecule has 0 saturated carbocycles. The second-order valence-corrected chi connectivity index (χ2v) is 4.58. The van der Waals surface area contributed by atoms with Crippen molar-refractivity contribution in [1.82, 2.24) is 0 Å². The van der Waals surface area contributed by atoms with Crippen molar-refractivity contribution in [1.29, 1.82) is 0 Å². The summed E-state index contributed by atoms with van der Waals surface area (Å²) in [5, 5.41) is 16.4. The van der Waals surface area contributed by atoms with Crippen LogP contribution in [-0.2, 0) is 9.59 Å². The molecule has 0 aliphatic heterocycles. The Morgan fingerprint density at radius 1 is 1.06 bits per heavy atom. The molecule has 0 aliphatic carbocycles. The third-order valence-electron chi connectivity index (χ3n) is 1.35. The van der Waals surface area contributed by atoms with Crippen molar-refractivity contribution in [2.24, 2.45) is 5.41 Å². The lowest BCUT2D eigenvalue weighted by molar-refractivity contribution is -0.133. The Labute approximate surface area is 96.3 Å². The molecule has 0 aromatic rings. The van der Waals surface area contributed by atoms with Gasteiger partial charge in [-0.2, -0.15) is 0 Å². The maximum atomic E-state index is 10.3. The predicted molar refractivity (Wildman–Crippen MR) is 63.3 cm³/mol. The zero-order valence-electron chi connectivity index (χ0n) is 10.5. The minimum atomic E-state index is -0.935. The molecule has 0 aromatic heterocycles. The summed E-state index contributed by atoms with van der Waals surface area (Å²) in [6, 6.07) is 0. The lowest BCUT2D eigenvalue weighted by Gasteiger charge is -2.11. The standard InChI is InChI=1S/C8H14O2.C4H6O2/c1-6(7(9)10)5-8(2,3)4;1-3(2)4(5)6/h5H,1-4H3,(H,9,10);1H2,2H3,(H,5,6). The van der Waals surface area contributed by atoms with Gasteiger partial charge >= 0.3 is 11.9 Å². The molecule has 0 unspecified atom stereocenters. The van der Waals surface area contributed by atoms with Gasteiger partial charge in [0.2, 0.25) is 0 Å². The molecular formula is C12H20O4. The summed E-state index contributed by atoms with van der Waals surface area (Å²) in [5.74, 6) is -1.77. The summed E-state index contributed by atoms with van der Waals surface area (Å²) in [4.78, 5) is 19.9. The average molecular weight is 228 g/mol. The summed E-state index contributed by atoms with van der Waals surface area (Å²) < 4.78 is 0. The van der Waals surface area contributed by atoms with Gasteiger partial charge in [-0.1, -0.05) is 33.4 Å². The molecule has 0 aliphatic rings. The number of rotatable bonds is 2. The summed E-state index contributed by atoms with van der Waals surface area (Å²) in [5.41, 5.74) is 0.546. The van der Waals surface area contributed by atoms with Crippen LogP contribution in [0.1, 0.15) is 34.6 Å². The summed E-state index contributed by atoms with van der Waals surface area (Å²) in [7, 11) is 0. The number of hydrogen-bond donors (Lipinski definition) is 2. The first-order valence-electron chi connectivity index (χ1n) is 4.79. The van der Waals surface area contributed by atoms with E-state index in [0.29, 0.717) is 5.57 Å². The van der Waals surface area contributed by atoms with Crippen LogP contribution >= 0.6 is 0 Å². The van der Waals surface area contributed by atoms with Gasteiger partial charge in [-0.25, -0.2) is 9.59 Å². The predicted octanol–water partition coefficient (Wildman–Crippen LogP) is 2.71. The SMILES string of the molecule is C=C(C)C(=O)O.CC(=CC(C)(C)C)C(=O)O.